The molecule has 0 spiro atoms. The minimum absolute atomic E-state index is 0.329. The molecule has 0 fully saturated rings. The largest absolute Gasteiger partial charge is 0.497 e. The highest BCUT2D eigenvalue weighted by molar-refractivity contribution is 5.73. The minimum Gasteiger partial charge on any atom is -0.497 e. The predicted molar refractivity (Wildman–Crippen MR) is 88.4 cm³/mol. The van der Waals surface area contributed by atoms with Gasteiger partial charge in [0, 0.05) is 13.1 Å². The number of rotatable bonds is 6. The molecule has 2 aromatic rings. The van der Waals surface area contributed by atoms with E-state index in [-0.39, 0.29) is 6.03 Å². The van der Waals surface area contributed by atoms with E-state index in [1.54, 1.807) is 7.11 Å². The Balaban J connectivity index is 1.73. The molecule has 0 bridgehead atoms. The van der Waals surface area contributed by atoms with Gasteiger partial charge in [0.25, 0.3) is 0 Å². The van der Waals surface area contributed by atoms with Crippen LogP contribution in [0.3, 0.4) is 0 Å². The van der Waals surface area contributed by atoms with Crippen LogP contribution < -0.4 is 15.4 Å². The number of carbonyl (C=O) groups excluding carboxylic acids is 1. The van der Waals surface area contributed by atoms with Crippen molar-refractivity contribution in [2.24, 2.45) is 0 Å². The predicted octanol–water partition coefficient (Wildman–Crippen LogP) is 3.76. The molecule has 0 aliphatic carbocycles. The lowest BCUT2D eigenvalue weighted by Crippen LogP contribution is -2.36. The highest BCUT2D eigenvalue weighted by Gasteiger charge is 2.29. The van der Waals surface area contributed by atoms with Gasteiger partial charge in [-0.2, -0.15) is 13.2 Å². The summed E-state index contributed by atoms with van der Waals surface area (Å²) in [5.41, 5.74) is 0.943. The van der Waals surface area contributed by atoms with Crippen molar-refractivity contribution in [3.8, 4) is 5.75 Å². The molecule has 0 aliphatic heterocycles. The molecule has 2 amide bonds. The second-order valence-corrected chi connectivity index (χ2v) is 5.41. The number of urea groups is 1. The van der Waals surface area contributed by atoms with Gasteiger partial charge in [-0.15, -0.1) is 0 Å². The lowest BCUT2D eigenvalue weighted by molar-refractivity contribution is -0.137. The Bertz CT molecular complexity index is 700. The summed E-state index contributed by atoms with van der Waals surface area (Å²) in [6.07, 6.45) is -3.89. The zero-order chi connectivity index (χ0) is 18.3. The van der Waals surface area contributed by atoms with Crippen LogP contribution in [0.2, 0.25) is 0 Å². The van der Waals surface area contributed by atoms with Gasteiger partial charge in [0.1, 0.15) is 5.75 Å². The number of alkyl halides is 3. The van der Waals surface area contributed by atoms with Gasteiger partial charge in [0.15, 0.2) is 0 Å². The minimum atomic E-state index is -4.34. The molecule has 7 heteroatoms. The molecular weight excluding hydrogens is 333 g/mol. The van der Waals surface area contributed by atoms with E-state index in [4.69, 9.17) is 4.74 Å². The van der Waals surface area contributed by atoms with E-state index in [2.05, 4.69) is 10.6 Å². The summed E-state index contributed by atoms with van der Waals surface area (Å²) >= 11 is 0. The van der Waals surface area contributed by atoms with Gasteiger partial charge >= 0.3 is 12.2 Å². The van der Waals surface area contributed by atoms with Crippen LogP contribution in [-0.4, -0.2) is 19.7 Å². The Hall–Kier alpha value is -2.70. The molecule has 2 N–H and O–H groups in total. The van der Waals surface area contributed by atoms with E-state index in [1.807, 2.05) is 24.3 Å². The summed E-state index contributed by atoms with van der Waals surface area (Å²) in [5, 5.41) is 5.38. The van der Waals surface area contributed by atoms with Crippen LogP contribution in [0.4, 0.5) is 18.0 Å². The topological polar surface area (TPSA) is 50.4 Å². The summed E-state index contributed by atoms with van der Waals surface area (Å²) in [6, 6.07) is 11.9. The van der Waals surface area contributed by atoms with Crippen LogP contribution in [0.25, 0.3) is 0 Å². The summed E-state index contributed by atoms with van der Waals surface area (Å²) < 4.78 is 42.5. The van der Waals surface area contributed by atoms with Crippen molar-refractivity contribution in [2.45, 2.75) is 19.1 Å². The van der Waals surface area contributed by atoms with Gasteiger partial charge in [0.2, 0.25) is 0 Å². The first-order valence-corrected chi connectivity index (χ1v) is 7.69. The monoisotopic (exact) mass is 352 g/mol. The fourth-order valence-corrected chi connectivity index (χ4v) is 2.21. The number of hydrogen-bond acceptors (Lipinski definition) is 2. The second kappa shape index (κ2) is 8.41. The van der Waals surface area contributed by atoms with Crippen molar-refractivity contribution in [3.63, 3.8) is 0 Å². The van der Waals surface area contributed by atoms with E-state index in [0.717, 1.165) is 23.3 Å². The molecule has 0 saturated carbocycles. The molecule has 0 saturated heterocycles. The second-order valence-electron chi connectivity index (χ2n) is 5.41. The van der Waals surface area contributed by atoms with Crippen LogP contribution in [-0.2, 0) is 19.1 Å². The van der Waals surface area contributed by atoms with Crippen molar-refractivity contribution in [2.75, 3.05) is 13.7 Å². The average molecular weight is 352 g/mol. The van der Waals surface area contributed by atoms with E-state index in [0.29, 0.717) is 25.3 Å². The lowest BCUT2D eigenvalue weighted by Gasteiger charge is -2.10. The van der Waals surface area contributed by atoms with Crippen molar-refractivity contribution < 1.29 is 22.7 Å². The Labute approximate surface area is 144 Å². The highest BCUT2D eigenvalue weighted by atomic mass is 19.4. The number of halogens is 3. The zero-order valence-corrected chi connectivity index (χ0v) is 13.7. The number of amides is 2. The Kier molecular flexibility index (Phi) is 6.27. The summed E-state index contributed by atoms with van der Waals surface area (Å²) in [7, 11) is 1.57. The number of hydrogen-bond donors (Lipinski definition) is 2. The molecule has 2 aromatic carbocycles. The molecule has 4 nitrogen and oxygen atoms in total. The van der Waals surface area contributed by atoms with Crippen LogP contribution in [0.15, 0.2) is 48.5 Å². The molecule has 2 rings (SSSR count). The van der Waals surface area contributed by atoms with Gasteiger partial charge in [0.05, 0.1) is 12.7 Å². The number of ether oxygens (including phenoxy) is 1. The van der Waals surface area contributed by atoms with Gasteiger partial charge in [-0.25, -0.2) is 4.79 Å². The number of carbonyl (C=O) groups is 1. The van der Waals surface area contributed by atoms with Crippen LogP contribution in [0, 0.1) is 0 Å². The molecular formula is C18H19F3N2O2. The summed E-state index contributed by atoms with van der Waals surface area (Å²) in [6.45, 7) is 0.679. The van der Waals surface area contributed by atoms with E-state index in [1.165, 1.54) is 12.1 Å². The molecule has 0 aliphatic rings. The van der Waals surface area contributed by atoms with Gasteiger partial charge in [-0.1, -0.05) is 24.3 Å². The van der Waals surface area contributed by atoms with Gasteiger partial charge < -0.3 is 15.4 Å². The van der Waals surface area contributed by atoms with Gasteiger partial charge in [-0.05, 0) is 41.8 Å². The molecule has 134 valence electrons. The van der Waals surface area contributed by atoms with Crippen molar-refractivity contribution in [1.82, 2.24) is 10.6 Å². The standard InChI is InChI=1S/C18H19F3N2O2/c1-25-16-4-2-3-14(11-16)12-23-17(24)22-10-9-13-5-7-15(8-6-13)18(19,20)21/h2-8,11H,9-10,12H2,1H3,(H2,22,23,24). The molecule has 25 heavy (non-hydrogen) atoms. The van der Waals surface area contributed by atoms with Crippen molar-refractivity contribution in [3.05, 3.63) is 65.2 Å². The third-order valence-corrected chi connectivity index (χ3v) is 3.57. The third kappa shape index (κ3) is 6.02. The number of nitrogens with one attached hydrogen (secondary N) is 2. The Morgan fingerprint density at radius 1 is 1.04 bits per heavy atom. The quantitative estimate of drug-likeness (QED) is 0.832. The fourth-order valence-electron chi connectivity index (χ4n) is 2.21. The maximum absolute atomic E-state index is 12.5. The maximum Gasteiger partial charge on any atom is 0.416 e. The SMILES string of the molecule is COc1cccc(CNC(=O)NCCc2ccc(C(F)(F)F)cc2)c1. The first kappa shape index (κ1) is 18.6. The average Bonchev–Trinajstić information content (AvgIpc) is 2.60. The lowest BCUT2D eigenvalue weighted by atomic mass is 10.1. The number of methoxy groups -OCH3 is 1. The Morgan fingerprint density at radius 3 is 2.40 bits per heavy atom. The van der Waals surface area contributed by atoms with E-state index < -0.39 is 11.7 Å². The normalized spacial score (nSPS) is 11.0. The smallest absolute Gasteiger partial charge is 0.416 e. The van der Waals surface area contributed by atoms with E-state index >= 15 is 0 Å². The third-order valence-electron chi connectivity index (χ3n) is 3.57. The van der Waals surface area contributed by atoms with E-state index in [9.17, 15) is 18.0 Å². The van der Waals surface area contributed by atoms with Crippen LogP contribution in [0.1, 0.15) is 16.7 Å². The van der Waals surface area contributed by atoms with Crippen molar-refractivity contribution in [1.29, 1.82) is 0 Å². The first-order valence-electron chi connectivity index (χ1n) is 7.69. The number of benzene rings is 2. The summed E-state index contributed by atoms with van der Waals surface area (Å²) in [5.74, 6) is 0.710. The fraction of sp³-hybridized carbons (Fsp3) is 0.278. The molecule has 0 radical (unpaired) electrons. The van der Waals surface area contributed by atoms with Gasteiger partial charge in [-0.3, -0.25) is 0 Å². The molecule has 0 aromatic heterocycles. The maximum atomic E-state index is 12.5. The zero-order valence-electron chi connectivity index (χ0n) is 13.7. The molecule has 0 heterocycles. The highest BCUT2D eigenvalue weighted by Crippen LogP contribution is 2.29. The Morgan fingerprint density at radius 2 is 1.76 bits per heavy atom. The van der Waals surface area contributed by atoms with Crippen LogP contribution >= 0.6 is 0 Å². The van der Waals surface area contributed by atoms with Crippen LogP contribution in [0.5, 0.6) is 5.75 Å². The molecule has 0 atom stereocenters. The molecule has 0 unspecified atom stereocenters. The first-order chi connectivity index (χ1) is 11.9. The van der Waals surface area contributed by atoms with Crippen molar-refractivity contribution >= 4 is 6.03 Å². The summed E-state index contributed by atoms with van der Waals surface area (Å²) in [4.78, 5) is 11.7.